The molecule has 0 atom stereocenters. The van der Waals surface area contributed by atoms with E-state index in [4.69, 9.17) is 5.11 Å². The Hall–Kier alpha value is -0.690. The third-order valence-corrected chi connectivity index (χ3v) is 1.81. The van der Waals surface area contributed by atoms with E-state index in [-0.39, 0.29) is 17.9 Å². The first-order chi connectivity index (χ1) is 5.99. The van der Waals surface area contributed by atoms with Gasteiger partial charge < -0.3 is 5.11 Å². The maximum Gasteiger partial charge on any atom is 0.418 e. The van der Waals surface area contributed by atoms with Gasteiger partial charge in [-0.05, 0) is 0 Å². The predicted molar refractivity (Wildman–Crippen MR) is 39.5 cm³/mol. The first kappa shape index (κ1) is 10.4. The van der Waals surface area contributed by atoms with E-state index in [0.717, 1.165) is 6.20 Å². The summed E-state index contributed by atoms with van der Waals surface area (Å²) in [6, 6.07) is 0. The molecule has 0 aliphatic heterocycles. The Morgan fingerprint density at radius 1 is 1.38 bits per heavy atom. The molecule has 0 amide bonds. The standard InChI is InChI=1S/C6H5F4NOS/c7-6(8,9)5-2-11(13-10)1-4(5)3-12/h1-2,12H,3H2. The Morgan fingerprint density at radius 2 is 2.00 bits per heavy atom. The number of hydrogen-bond acceptors (Lipinski definition) is 2. The predicted octanol–water partition coefficient (Wildman–Crippen LogP) is 2.38. The van der Waals surface area contributed by atoms with E-state index in [1.807, 2.05) is 0 Å². The molecule has 0 aliphatic rings. The normalized spacial score (nSPS) is 12.1. The van der Waals surface area contributed by atoms with Crippen molar-refractivity contribution in [3.8, 4) is 0 Å². The summed E-state index contributed by atoms with van der Waals surface area (Å²) in [6.45, 7) is -0.762. The van der Waals surface area contributed by atoms with Gasteiger partial charge in [0, 0.05) is 18.0 Å². The van der Waals surface area contributed by atoms with Gasteiger partial charge in [0.05, 0.1) is 12.2 Å². The minimum absolute atomic E-state index is 0.336. The van der Waals surface area contributed by atoms with Gasteiger partial charge in [0.1, 0.15) is 0 Å². The highest BCUT2D eigenvalue weighted by atomic mass is 32.2. The number of aliphatic hydroxyl groups is 1. The molecule has 0 radical (unpaired) electrons. The number of aromatic nitrogens is 1. The first-order valence-electron chi connectivity index (χ1n) is 3.17. The van der Waals surface area contributed by atoms with Crippen LogP contribution in [-0.2, 0) is 12.8 Å². The lowest BCUT2D eigenvalue weighted by Crippen LogP contribution is -2.06. The molecular weight excluding hydrogens is 210 g/mol. The molecule has 13 heavy (non-hydrogen) atoms. The molecule has 1 aromatic heterocycles. The van der Waals surface area contributed by atoms with Crippen LogP contribution in [0.2, 0.25) is 0 Å². The van der Waals surface area contributed by atoms with E-state index >= 15 is 0 Å². The molecule has 0 spiro atoms. The van der Waals surface area contributed by atoms with Crippen molar-refractivity contribution in [2.24, 2.45) is 0 Å². The van der Waals surface area contributed by atoms with Crippen molar-refractivity contribution in [3.05, 3.63) is 23.5 Å². The summed E-state index contributed by atoms with van der Waals surface area (Å²) in [5.74, 6) is 0. The van der Waals surface area contributed by atoms with Crippen LogP contribution in [0.25, 0.3) is 0 Å². The fourth-order valence-electron chi connectivity index (χ4n) is 0.892. The molecule has 7 heteroatoms. The summed E-state index contributed by atoms with van der Waals surface area (Å²) >= 11 is -0.359. The van der Waals surface area contributed by atoms with Crippen molar-refractivity contribution in [3.63, 3.8) is 0 Å². The molecule has 2 nitrogen and oxygen atoms in total. The van der Waals surface area contributed by atoms with Crippen LogP contribution in [0.4, 0.5) is 17.1 Å². The quantitative estimate of drug-likeness (QED) is 0.766. The minimum atomic E-state index is -4.56. The van der Waals surface area contributed by atoms with Crippen molar-refractivity contribution in [2.45, 2.75) is 12.8 Å². The van der Waals surface area contributed by atoms with Crippen LogP contribution in [0.15, 0.2) is 12.4 Å². The summed E-state index contributed by atoms with van der Waals surface area (Å²) < 4.78 is 48.9. The highest BCUT2D eigenvalue weighted by Crippen LogP contribution is 2.33. The Morgan fingerprint density at radius 3 is 2.31 bits per heavy atom. The highest BCUT2D eigenvalue weighted by Gasteiger charge is 2.34. The van der Waals surface area contributed by atoms with Crippen LogP contribution in [0.1, 0.15) is 11.1 Å². The number of rotatable bonds is 2. The Kier molecular flexibility index (Phi) is 2.87. The molecule has 0 aromatic carbocycles. The maximum atomic E-state index is 12.1. The molecule has 1 rings (SSSR count). The first-order valence-corrected chi connectivity index (χ1v) is 3.84. The topological polar surface area (TPSA) is 25.2 Å². The second-order valence-electron chi connectivity index (χ2n) is 2.28. The van der Waals surface area contributed by atoms with E-state index in [0.29, 0.717) is 10.2 Å². The number of aliphatic hydroxyl groups excluding tert-OH is 1. The Labute approximate surface area is 75.6 Å². The summed E-state index contributed by atoms with van der Waals surface area (Å²) in [4.78, 5) is 0. The maximum absolute atomic E-state index is 12.1. The SMILES string of the molecule is OCc1cn(SF)cc1C(F)(F)F. The average Bonchev–Trinajstić information content (AvgIpc) is 2.46. The van der Waals surface area contributed by atoms with Crippen molar-refractivity contribution >= 4 is 12.3 Å². The third-order valence-electron chi connectivity index (χ3n) is 1.44. The van der Waals surface area contributed by atoms with E-state index in [1.54, 1.807) is 0 Å². The molecule has 0 aliphatic carbocycles. The summed E-state index contributed by atoms with van der Waals surface area (Å²) in [5.41, 5.74) is -1.35. The zero-order chi connectivity index (χ0) is 10.1. The van der Waals surface area contributed by atoms with Crippen LogP contribution in [0.5, 0.6) is 0 Å². The van der Waals surface area contributed by atoms with Gasteiger partial charge >= 0.3 is 6.18 Å². The van der Waals surface area contributed by atoms with Gasteiger partial charge in [-0.1, -0.05) is 0 Å². The summed E-state index contributed by atoms with van der Waals surface area (Å²) in [5, 5.41) is 8.55. The van der Waals surface area contributed by atoms with Crippen LogP contribution in [0.3, 0.4) is 0 Å². The van der Waals surface area contributed by atoms with Gasteiger partial charge in [-0.3, -0.25) is 3.97 Å². The molecular formula is C6H5F4NOS. The molecule has 1 aromatic rings. The zero-order valence-corrected chi connectivity index (χ0v) is 6.99. The van der Waals surface area contributed by atoms with Crippen molar-refractivity contribution in [1.29, 1.82) is 0 Å². The molecule has 0 bridgehead atoms. The van der Waals surface area contributed by atoms with Gasteiger partial charge in [-0.15, -0.1) is 3.89 Å². The van der Waals surface area contributed by atoms with Crippen LogP contribution in [0, 0.1) is 0 Å². The zero-order valence-electron chi connectivity index (χ0n) is 6.18. The number of hydrogen-bond donors (Lipinski definition) is 1. The van der Waals surface area contributed by atoms with Crippen molar-refractivity contribution < 1.29 is 22.2 Å². The van der Waals surface area contributed by atoms with E-state index in [1.165, 1.54) is 0 Å². The molecule has 0 fully saturated rings. The summed E-state index contributed by atoms with van der Waals surface area (Å²) in [7, 11) is 0. The molecule has 1 heterocycles. The monoisotopic (exact) mass is 215 g/mol. The molecule has 1 N–H and O–H groups in total. The number of alkyl halides is 3. The Balaban J connectivity index is 3.11. The second kappa shape index (κ2) is 3.59. The van der Waals surface area contributed by atoms with Crippen molar-refractivity contribution in [2.75, 3.05) is 0 Å². The molecule has 0 unspecified atom stereocenters. The lowest BCUT2D eigenvalue weighted by atomic mass is 10.2. The summed E-state index contributed by atoms with van der Waals surface area (Å²) in [6.07, 6.45) is -3.07. The van der Waals surface area contributed by atoms with Gasteiger partial charge in [0.25, 0.3) is 0 Å². The fourth-order valence-corrected chi connectivity index (χ4v) is 1.20. The number of halogens is 4. The molecule has 74 valence electrons. The lowest BCUT2D eigenvalue weighted by Gasteiger charge is -2.04. The van der Waals surface area contributed by atoms with E-state index in [9.17, 15) is 17.1 Å². The third kappa shape index (κ3) is 2.16. The van der Waals surface area contributed by atoms with Gasteiger partial charge in [-0.25, -0.2) is 0 Å². The van der Waals surface area contributed by atoms with E-state index < -0.39 is 18.3 Å². The van der Waals surface area contributed by atoms with Crippen LogP contribution < -0.4 is 0 Å². The second-order valence-corrected chi connectivity index (χ2v) is 2.84. The smallest absolute Gasteiger partial charge is 0.392 e. The molecule has 0 saturated carbocycles. The fraction of sp³-hybridized carbons (Fsp3) is 0.333. The van der Waals surface area contributed by atoms with Crippen LogP contribution >= 0.6 is 12.3 Å². The highest BCUT2D eigenvalue weighted by molar-refractivity contribution is 7.92. The van der Waals surface area contributed by atoms with Gasteiger partial charge in [-0.2, -0.15) is 13.2 Å². The Bertz CT molecular complexity index is 295. The molecule has 0 saturated heterocycles. The van der Waals surface area contributed by atoms with Crippen molar-refractivity contribution in [1.82, 2.24) is 3.97 Å². The minimum Gasteiger partial charge on any atom is -0.392 e. The van der Waals surface area contributed by atoms with Gasteiger partial charge in [0.15, 0.2) is 12.3 Å². The average molecular weight is 215 g/mol. The lowest BCUT2D eigenvalue weighted by molar-refractivity contribution is -0.138. The number of nitrogens with zero attached hydrogens (tertiary/aromatic N) is 1. The largest absolute Gasteiger partial charge is 0.418 e. The van der Waals surface area contributed by atoms with E-state index in [2.05, 4.69) is 0 Å². The van der Waals surface area contributed by atoms with Gasteiger partial charge in [0.2, 0.25) is 0 Å². The van der Waals surface area contributed by atoms with Crippen LogP contribution in [-0.4, -0.2) is 9.08 Å².